The van der Waals surface area contributed by atoms with Gasteiger partial charge in [0.15, 0.2) is 9.84 Å². The zero-order chi connectivity index (χ0) is 8.04. The maximum atomic E-state index is 10.9. The van der Waals surface area contributed by atoms with Crippen LogP contribution in [0.2, 0.25) is 0 Å². The van der Waals surface area contributed by atoms with Crippen LogP contribution < -0.4 is 0 Å². The van der Waals surface area contributed by atoms with Crippen molar-refractivity contribution in [3.8, 4) is 0 Å². The lowest BCUT2D eigenvalue weighted by atomic mass is 10.4. The molecule has 4 heteroatoms. The third-order valence-corrected chi connectivity index (χ3v) is 3.24. The molecule has 0 aliphatic rings. The maximum absolute atomic E-state index is 10.9. The summed E-state index contributed by atoms with van der Waals surface area (Å²) >= 11 is 5.27. The summed E-state index contributed by atoms with van der Waals surface area (Å²) in [5.41, 5.74) is 0. The number of rotatable bonds is 5. The molecule has 0 aliphatic heterocycles. The van der Waals surface area contributed by atoms with Crippen molar-refractivity contribution >= 4 is 21.4 Å². The second-order valence-corrected chi connectivity index (χ2v) is 4.73. The SMILES string of the molecule is [CH2]CCCS(=O)(=O)CCCl. The van der Waals surface area contributed by atoms with Crippen LogP contribution in [0.3, 0.4) is 0 Å². The summed E-state index contributed by atoms with van der Waals surface area (Å²) in [6.07, 6.45) is 1.31. The summed E-state index contributed by atoms with van der Waals surface area (Å²) in [7, 11) is -2.87. The lowest BCUT2D eigenvalue weighted by Crippen LogP contribution is -2.11. The monoisotopic (exact) mass is 183 g/mol. The summed E-state index contributed by atoms with van der Waals surface area (Å²) in [6, 6.07) is 0. The third-order valence-electron chi connectivity index (χ3n) is 1.09. The fourth-order valence-corrected chi connectivity index (χ4v) is 2.33. The first-order valence-electron chi connectivity index (χ1n) is 3.18. The van der Waals surface area contributed by atoms with Crippen LogP contribution in [0.25, 0.3) is 0 Å². The van der Waals surface area contributed by atoms with Crippen LogP contribution in [0.1, 0.15) is 12.8 Å². The van der Waals surface area contributed by atoms with E-state index in [1.165, 1.54) is 0 Å². The third kappa shape index (κ3) is 5.06. The largest absolute Gasteiger partial charge is 0.229 e. The molecule has 0 fully saturated rings. The second kappa shape index (κ2) is 4.97. The van der Waals surface area contributed by atoms with Gasteiger partial charge >= 0.3 is 0 Å². The number of sulfone groups is 1. The molecule has 0 aromatic rings. The van der Waals surface area contributed by atoms with Gasteiger partial charge in [-0.2, -0.15) is 0 Å². The standard InChI is InChI=1S/C6H12ClO2S/c1-2-3-5-10(8,9)6-4-7/h1-6H2. The van der Waals surface area contributed by atoms with E-state index in [4.69, 9.17) is 11.6 Å². The first kappa shape index (κ1) is 10.2. The minimum atomic E-state index is -2.87. The molecule has 10 heavy (non-hydrogen) atoms. The van der Waals surface area contributed by atoms with Crippen LogP contribution in [0.5, 0.6) is 0 Å². The topological polar surface area (TPSA) is 34.1 Å². The minimum Gasteiger partial charge on any atom is -0.229 e. The van der Waals surface area contributed by atoms with Crippen LogP contribution >= 0.6 is 11.6 Å². The van der Waals surface area contributed by atoms with Gasteiger partial charge in [-0.25, -0.2) is 8.42 Å². The summed E-state index contributed by atoms with van der Waals surface area (Å²) in [5.74, 6) is 0.511. The number of hydrogen-bond acceptors (Lipinski definition) is 2. The Bertz CT molecular complexity index is 163. The van der Waals surface area contributed by atoms with Gasteiger partial charge in [-0.1, -0.05) is 13.3 Å². The molecule has 0 spiro atoms. The Hall–Kier alpha value is 0.240. The fourth-order valence-electron chi connectivity index (χ4n) is 0.542. The van der Waals surface area contributed by atoms with Gasteiger partial charge in [0.25, 0.3) is 0 Å². The van der Waals surface area contributed by atoms with Gasteiger partial charge in [0.2, 0.25) is 0 Å². The van der Waals surface area contributed by atoms with Crippen LogP contribution in [0.4, 0.5) is 0 Å². The highest BCUT2D eigenvalue weighted by Gasteiger charge is 2.07. The first-order valence-corrected chi connectivity index (χ1v) is 5.53. The Morgan fingerprint density at radius 2 is 1.90 bits per heavy atom. The van der Waals surface area contributed by atoms with Gasteiger partial charge in [0.1, 0.15) is 0 Å². The predicted molar refractivity (Wildman–Crippen MR) is 44.0 cm³/mol. The molecule has 0 saturated heterocycles. The van der Waals surface area contributed by atoms with E-state index in [-0.39, 0.29) is 17.4 Å². The van der Waals surface area contributed by atoms with Gasteiger partial charge in [-0.15, -0.1) is 11.6 Å². The van der Waals surface area contributed by atoms with Gasteiger partial charge in [-0.05, 0) is 6.42 Å². The molecule has 0 unspecified atom stereocenters. The highest BCUT2D eigenvalue weighted by Crippen LogP contribution is 1.97. The van der Waals surface area contributed by atoms with Crippen molar-refractivity contribution in [3.63, 3.8) is 0 Å². The minimum absolute atomic E-state index is 0.0918. The maximum Gasteiger partial charge on any atom is 0.151 e. The normalized spacial score (nSPS) is 11.8. The molecular formula is C6H12ClO2S. The number of unbranched alkanes of at least 4 members (excludes halogenated alkanes) is 1. The van der Waals surface area contributed by atoms with Crippen LogP contribution in [0.15, 0.2) is 0 Å². The number of halogens is 1. The van der Waals surface area contributed by atoms with Gasteiger partial charge < -0.3 is 0 Å². The van der Waals surface area contributed by atoms with Crippen molar-refractivity contribution < 1.29 is 8.42 Å². The van der Waals surface area contributed by atoms with E-state index in [9.17, 15) is 8.42 Å². The summed E-state index contributed by atoms with van der Waals surface area (Å²) in [4.78, 5) is 0. The Kier molecular flexibility index (Phi) is 5.09. The number of hydrogen-bond donors (Lipinski definition) is 0. The Morgan fingerprint density at radius 3 is 2.30 bits per heavy atom. The summed E-state index contributed by atoms with van der Waals surface area (Å²) < 4.78 is 21.8. The molecular weight excluding hydrogens is 172 g/mol. The quantitative estimate of drug-likeness (QED) is 0.602. The zero-order valence-corrected chi connectivity index (χ0v) is 7.42. The van der Waals surface area contributed by atoms with Crippen molar-refractivity contribution in [3.05, 3.63) is 6.92 Å². The van der Waals surface area contributed by atoms with Crippen molar-refractivity contribution in [2.45, 2.75) is 12.8 Å². The van der Waals surface area contributed by atoms with Crippen LogP contribution in [-0.2, 0) is 9.84 Å². The van der Waals surface area contributed by atoms with Gasteiger partial charge in [0.05, 0.1) is 11.5 Å². The fraction of sp³-hybridized carbons (Fsp3) is 0.833. The summed E-state index contributed by atoms with van der Waals surface area (Å²) in [5, 5.41) is 0. The molecule has 0 bridgehead atoms. The lowest BCUT2D eigenvalue weighted by Gasteiger charge is -1.98. The molecule has 0 heterocycles. The smallest absolute Gasteiger partial charge is 0.151 e. The van der Waals surface area contributed by atoms with E-state index in [1.807, 2.05) is 0 Å². The van der Waals surface area contributed by atoms with Gasteiger partial charge in [-0.3, -0.25) is 0 Å². The Balaban J connectivity index is 3.65. The first-order chi connectivity index (χ1) is 4.62. The molecule has 0 atom stereocenters. The molecule has 0 amide bonds. The van der Waals surface area contributed by atoms with E-state index < -0.39 is 9.84 Å². The zero-order valence-electron chi connectivity index (χ0n) is 5.85. The van der Waals surface area contributed by atoms with Crippen molar-refractivity contribution in [2.75, 3.05) is 17.4 Å². The molecule has 0 aromatic carbocycles. The molecule has 0 aromatic heterocycles. The predicted octanol–water partition coefficient (Wildman–Crippen LogP) is 1.25. The van der Waals surface area contributed by atoms with Crippen molar-refractivity contribution in [2.24, 2.45) is 0 Å². The highest BCUT2D eigenvalue weighted by atomic mass is 35.5. The van der Waals surface area contributed by atoms with Crippen LogP contribution in [0, 0.1) is 6.92 Å². The van der Waals surface area contributed by atoms with Gasteiger partial charge in [0, 0.05) is 5.88 Å². The van der Waals surface area contributed by atoms with E-state index >= 15 is 0 Å². The van der Waals surface area contributed by atoms with E-state index in [0.717, 1.165) is 0 Å². The second-order valence-electron chi connectivity index (χ2n) is 2.05. The molecule has 1 radical (unpaired) electrons. The molecule has 0 N–H and O–H groups in total. The van der Waals surface area contributed by atoms with Crippen molar-refractivity contribution in [1.82, 2.24) is 0 Å². The van der Waals surface area contributed by atoms with Crippen molar-refractivity contribution in [1.29, 1.82) is 0 Å². The Labute approximate surface area is 67.5 Å². The molecule has 2 nitrogen and oxygen atoms in total. The van der Waals surface area contributed by atoms with Crippen LogP contribution in [-0.4, -0.2) is 25.8 Å². The highest BCUT2D eigenvalue weighted by molar-refractivity contribution is 7.91. The molecule has 0 aliphatic carbocycles. The van der Waals surface area contributed by atoms with E-state index in [2.05, 4.69) is 6.92 Å². The molecule has 0 rings (SSSR count). The average molecular weight is 184 g/mol. The lowest BCUT2D eigenvalue weighted by molar-refractivity contribution is 0.595. The van der Waals surface area contributed by atoms with E-state index in [1.54, 1.807) is 0 Å². The number of alkyl halides is 1. The molecule has 61 valence electrons. The summed E-state index contributed by atoms with van der Waals surface area (Å²) in [6.45, 7) is 3.55. The van der Waals surface area contributed by atoms with E-state index in [0.29, 0.717) is 12.8 Å². The average Bonchev–Trinajstić information content (AvgIpc) is 1.84. The Morgan fingerprint density at radius 1 is 1.30 bits per heavy atom. The molecule has 0 saturated carbocycles.